The first-order chi connectivity index (χ1) is 12.7. The van der Waals surface area contributed by atoms with Crippen LogP contribution in [-0.4, -0.2) is 29.2 Å². The number of rotatable bonds is 5. The van der Waals surface area contributed by atoms with E-state index in [1.54, 1.807) is 19.1 Å². The van der Waals surface area contributed by atoms with Crippen molar-refractivity contribution in [2.75, 3.05) is 11.3 Å². The van der Waals surface area contributed by atoms with Crippen molar-refractivity contribution in [3.63, 3.8) is 0 Å². The van der Waals surface area contributed by atoms with Gasteiger partial charge in [0.2, 0.25) is 0 Å². The van der Waals surface area contributed by atoms with Gasteiger partial charge in [-0.2, -0.15) is 0 Å². The molecule has 1 aliphatic rings. The predicted octanol–water partition coefficient (Wildman–Crippen LogP) is 3.03. The molecule has 0 aromatic heterocycles. The van der Waals surface area contributed by atoms with Crippen LogP contribution in [0.4, 0.5) is 5.69 Å². The Hall–Kier alpha value is -1.91. The fourth-order valence-corrected chi connectivity index (χ4v) is 5.61. The second kappa shape index (κ2) is 7.61. The molecule has 0 saturated heterocycles. The smallest absolute Gasteiger partial charge is 0.262 e. The number of amidine groups is 1. The Kier molecular flexibility index (Phi) is 5.59. The molecule has 0 saturated carbocycles. The molecule has 0 fully saturated rings. The van der Waals surface area contributed by atoms with Crippen molar-refractivity contribution in [3.05, 3.63) is 52.5 Å². The molecule has 2 N–H and O–H groups in total. The molecule has 10 heteroatoms. The minimum atomic E-state index is -3.87. The van der Waals surface area contributed by atoms with Crippen molar-refractivity contribution in [1.29, 1.82) is 0 Å². The molecule has 0 bridgehead atoms. The van der Waals surface area contributed by atoms with Crippen molar-refractivity contribution in [2.45, 2.75) is 29.6 Å². The van der Waals surface area contributed by atoms with E-state index in [4.69, 9.17) is 0 Å². The molecule has 2 aromatic carbocycles. The van der Waals surface area contributed by atoms with Gasteiger partial charge in [0.05, 0.1) is 15.5 Å². The van der Waals surface area contributed by atoms with Crippen LogP contribution < -0.4 is 9.44 Å². The summed E-state index contributed by atoms with van der Waals surface area (Å²) in [6.45, 7) is 2.29. The van der Waals surface area contributed by atoms with E-state index >= 15 is 0 Å². The normalized spacial score (nSPS) is 14.7. The summed E-state index contributed by atoms with van der Waals surface area (Å²) in [6, 6.07) is 10.6. The van der Waals surface area contributed by atoms with Crippen LogP contribution in [0.2, 0.25) is 0 Å². The second-order valence-electron chi connectivity index (χ2n) is 6.08. The maximum Gasteiger partial charge on any atom is 0.262 e. The van der Waals surface area contributed by atoms with Gasteiger partial charge in [0.25, 0.3) is 20.0 Å². The molecule has 27 heavy (non-hydrogen) atoms. The zero-order valence-electron chi connectivity index (χ0n) is 14.4. The third-order valence-corrected chi connectivity index (χ3v) is 7.36. The zero-order valence-corrected chi connectivity index (χ0v) is 17.7. The highest BCUT2D eigenvalue weighted by Crippen LogP contribution is 2.24. The van der Waals surface area contributed by atoms with Crippen LogP contribution in [0.1, 0.15) is 18.4 Å². The van der Waals surface area contributed by atoms with Gasteiger partial charge in [-0.05, 0) is 49.2 Å². The number of hydrogen-bond acceptors (Lipinski definition) is 5. The standard InChI is InChI=1S/C17H18BrN3O4S2/c1-12-7-8-13(18)10-16(12)27(24,25)20-14-4-2-5-15(11-14)26(22,23)21-17-6-3-9-19-17/h2,4-5,7-8,10-11,20H,3,6,9H2,1H3,(H,19,21). The van der Waals surface area contributed by atoms with Gasteiger partial charge < -0.3 is 0 Å². The third kappa shape index (κ3) is 4.69. The van der Waals surface area contributed by atoms with E-state index in [1.165, 1.54) is 30.3 Å². The van der Waals surface area contributed by atoms with Crippen LogP contribution in [0.15, 0.2) is 61.7 Å². The Morgan fingerprint density at radius 1 is 1.00 bits per heavy atom. The Labute approximate surface area is 167 Å². The molecule has 2 aromatic rings. The summed E-state index contributed by atoms with van der Waals surface area (Å²) in [5, 5.41) is 0. The highest BCUT2D eigenvalue weighted by atomic mass is 79.9. The molecule has 1 aliphatic heterocycles. The van der Waals surface area contributed by atoms with Crippen LogP contribution in [-0.2, 0) is 20.0 Å². The van der Waals surface area contributed by atoms with E-state index in [9.17, 15) is 16.8 Å². The third-order valence-electron chi connectivity index (χ3n) is 3.96. The number of sulfonamides is 2. The molecule has 7 nitrogen and oxygen atoms in total. The molecule has 3 rings (SSSR count). The largest absolute Gasteiger partial charge is 0.280 e. The number of nitrogens with one attached hydrogen (secondary N) is 2. The number of aliphatic imine (C=N–C) groups is 1. The van der Waals surface area contributed by atoms with E-state index < -0.39 is 20.0 Å². The molecule has 0 amide bonds. The van der Waals surface area contributed by atoms with Gasteiger partial charge >= 0.3 is 0 Å². The molecular weight excluding hydrogens is 454 g/mol. The van der Waals surface area contributed by atoms with E-state index in [0.29, 0.717) is 28.8 Å². The second-order valence-corrected chi connectivity index (χ2v) is 10.3. The van der Waals surface area contributed by atoms with Gasteiger partial charge in [0.1, 0.15) is 5.84 Å². The van der Waals surface area contributed by atoms with Crippen LogP contribution in [0.5, 0.6) is 0 Å². The number of halogens is 1. The van der Waals surface area contributed by atoms with Gasteiger partial charge in [-0.3, -0.25) is 14.4 Å². The topological polar surface area (TPSA) is 105 Å². The summed E-state index contributed by atoms with van der Waals surface area (Å²) >= 11 is 3.26. The number of benzene rings is 2. The van der Waals surface area contributed by atoms with Crippen LogP contribution in [0.3, 0.4) is 0 Å². The van der Waals surface area contributed by atoms with Crippen molar-refractivity contribution in [2.24, 2.45) is 4.99 Å². The fourth-order valence-electron chi connectivity index (χ4n) is 2.64. The Balaban J connectivity index is 1.88. The van der Waals surface area contributed by atoms with Gasteiger partial charge in [-0.1, -0.05) is 28.1 Å². The quantitative estimate of drug-likeness (QED) is 0.698. The Morgan fingerprint density at radius 2 is 1.78 bits per heavy atom. The fraction of sp³-hybridized carbons (Fsp3) is 0.235. The first kappa shape index (κ1) is 19.8. The summed E-state index contributed by atoms with van der Waals surface area (Å²) in [5.74, 6) is 0.422. The molecular formula is C17H18BrN3O4S2. The van der Waals surface area contributed by atoms with E-state index in [0.717, 1.165) is 6.42 Å². The Bertz CT molecular complexity index is 1110. The number of anilines is 1. The van der Waals surface area contributed by atoms with Crippen LogP contribution >= 0.6 is 15.9 Å². The lowest BCUT2D eigenvalue weighted by Crippen LogP contribution is -2.29. The average Bonchev–Trinajstić information content (AvgIpc) is 3.09. The molecule has 0 spiro atoms. The number of aryl methyl sites for hydroxylation is 1. The molecule has 0 atom stereocenters. The molecule has 144 valence electrons. The minimum absolute atomic E-state index is 0.0386. The van der Waals surface area contributed by atoms with Crippen LogP contribution in [0, 0.1) is 6.92 Å². The SMILES string of the molecule is Cc1ccc(Br)cc1S(=O)(=O)Nc1cccc(S(=O)(=O)NC2=NCCC2)c1. The minimum Gasteiger partial charge on any atom is -0.280 e. The van der Waals surface area contributed by atoms with Gasteiger partial charge in [-0.25, -0.2) is 16.8 Å². The summed E-state index contributed by atoms with van der Waals surface area (Å²) in [5.41, 5.74) is 0.737. The molecule has 0 aliphatic carbocycles. The Morgan fingerprint density at radius 3 is 2.48 bits per heavy atom. The molecule has 0 unspecified atom stereocenters. The van der Waals surface area contributed by atoms with E-state index in [1.807, 2.05) is 0 Å². The van der Waals surface area contributed by atoms with Gasteiger partial charge in [0, 0.05) is 17.4 Å². The van der Waals surface area contributed by atoms with Crippen molar-refractivity contribution in [1.82, 2.24) is 4.72 Å². The first-order valence-corrected chi connectivity index (χ1v) is 11.9. The summed E-state index contributed by atoms with van der Waals surface area (Å²) < 4.78 is 55.9. The maximum absolute atomic E-state index is 12.7. The number of hydrogen-bond donors (Lipinski definition) is 2. The molecule has 0 radical (unpaired) electrons. The highest BCUT2D eigenvalue weighted by Gasteiger charge is 2.21. The first-order valence-electron chi connectivity index (χ1n) is 8.12. The zero-order chi connectivity index (χ0) is 19.7. The van der Waals surface area contributed by atoms with E-state index in [-0.39, 0.29) is 15.5 Å². The lowest BCUT2D eigenvalue weighted by atomic mass is 10.2. The lowest BCUT2D eigenvalue weighted by Gasteiger charge is -2.12. The summed E-state index contributed by atoms with van der Waals surface area (Å²) in [7, 11) is -7.69. The van der Waals surface area contributed by atoms with Crippen molar-refractivity contribution >= 4 is 47.5 Å². The van der Waals surface area contributed by atoms with Crippen molar-refractivity contribution in [3.8, 4) is 0 Å². The maximum atomic E-state index is 12.7. The van der Waals surface area contributed by atoms with Crippen LogP contribution in [0.25, 0.3) is 0 Å². The van der Waals surface area contributed by atoms with Gasteiger partial charge in [-0.15, -0.1) is 0 Å². The predicted molar refractivity (Wildman–Crippen MR) is 108 cm³/mol. The van der Waals surface area contributed by atoms with Crippen molar-refractivity contribution < 1.29 is 16.8 Å². The monoisotopic (exact) mass is 471 g/mol. The average molecular weight is 472 g/mol. The summed E-state index contributed by atoms with van der Waals surface area (Å²) in [4.78, 5) is 4.17. The van der Waals surface area contributed by atoms with E-state index in [2.05, 4.69) is 30.4 Å². The summed E-state index contributed by atoms with van der Waals surface area (Å²) in [6.07, 6.45) is 1.39. The highest BCUT2D eigenvalue weighted by molar-refractivity contribution is 9.10. The number of nitrogens with zero attached hydrogens (tertiary/aromatic N) is 1. The molecule has 1 heterocycles. The lowest BCUT2D eigenvalue weighted by molar-refractivity contribution is 0.591. The van der Waals surface area contributed by atoms with Gasteiger partial charge in [0.15, 0.2) is 0 Å².